The molecular formula is C14H22FN3O2S. The van der Waals surface area contributed by atoms with E-state index in [1.165, 1.54) is 0 Å². The molecule has 0 atom stereocenters. The normalized spacial score (nSPS) is 18.2. The molecule has 5 nitrogen and oxygen atoms in total. The quantitative estimate of drug-likeness (QED) is 0.885. The smallest absolute Gasteiger partial charge is 0.170 e. The van der Waals surface area contributed by atoms with Crippen LogP contribution in [0.5, 0.6) is 0 Å². The average molecular weight is 315 g/mol. The predicted octanol–water partition coefficient (Wildman–Crippen LogP) is 1.20. The van der Waals surface area contributed by atoms with Gasteiger partial charge in [-0.25, -0.2) is 17.8 Å². The van der Waals surface area contributed by atoms with Gasteiger partial charge in [-0.1, -0.05) is 13.8 Å². The predicted molar refractivity (Wildman–Crippen MR) is 81.6 cm³/mol. The molecule has 1 aromatic rings. The number of nitrogens with zero attached hydrogens (tertiary/aromatic N) is 2. The van der Waals surface area contributed by atoms with Crippen molar-refractivity contribution >= 4 is 15.7 Å². The first-order valence-electron chi connectivity index (χ1n) is 7.18. The highest BCUT2D eigenvalue weighted by Crippen LogP contribution is 2.21. The number of anilines is 1. The minimum absolute atomic E-state index is 0.0595. The lowest BCUT2D eigenvalue weighted by molar-refractivity contribution is 0.531. The van der Waals surface area contributed by atoms with Crippen LogP contribution >= 0.6 is 0 Å². The van der Waals surface area contributed by atoms with Crippen LogP contribution in [0.3, 0.4) is 0 Å². The Bertz CT molecular complexity index is 576. The van der Waals surface area contributed by atoms with Gasteiger partial charge in [0.2, 0.25) is 0 Å². The number of hydrogen-bond donors (Lipinski definition) is 1. The summed E-state index contributed by atoms with van der Waals surface area (Å²) in [7, 11) is -2.97. The Balaban J connectivity index is 2.07. The zero-order valence-electron chi connectivity index (χ0n) is 12.5. The van der Waals surface area contributed by atoms with Crippen LogP contribution in [0.2, 0.25) is 0 Å². The fourth-order valence-corrected chi connectivity index (χ4v) is 3.45. The SMILES string of the molecule is CC(C)CNCc1ccnc(N2CCS(=O)(=O)CC2)c1F. The van der Waals surface area contributed by atoms with Crippen LogP contribution in [0.1, 0.15) is 19.4 Å². The fraction of sp³-hybridized carbons (Fsp3) is 0.643. The summed E-state index contributed by atoms with van der Waals surface area (Å²) in [6.45, 7) is 6.06. The average Bonchev–Trinajstić information content (AvgIpc) is 2.41. The van der Waals surface area contributed by atoms with Gasteiger partial charge in [0.1, 0.15) is 0 Å². The molecule has 0 bridgehead atoms. The largest absolute Gasteiger partial charge is 0.352 e. The van der Waals surface area contributed by atoms with Crippen molar-refractivity contribution in [2.24, 2.45) is 5.92 Å². The van der Waals surface area contributed by atoms with E-state index in [-0.39, 0.29) is 23.1 Å². The lowest BCUT2D eigenvalue weighted by Crippen LogP contribution is -2.41. The number of pyridine rings is 1. The van der Waals surface area contributed by atoms with Gasteiger partial charge in [-0.2, -0.15) is 0 Å². The van der Waals surface area contributed by atoms with E-state index in [0.29, 0.717) is 31.1 Å². The minimum atomic E-state index is -2.97. The second-order valence-electron chi connectivity index (χ2n) is 5.77. The third-order valence-electron chi connectivity index (χ3n) is 3.46. The molecule has 118 valence electrons. The van der Waals surface area contributed by atoms with Gasteiger partial charge in [0.25, 0.3) is 0 Å². The third kappa shape index (κ3) is 4.38. The van der Waals surface area contributed by atoms with E-state index >= 15 is 0 Å². The Morgan fingerprint density at radius 1 is 1.38 bits per heavy atom. The van der Waals surface area contributed by atoms with Crippen LogP contribution in [0, 0.1) is 11.7 Å². The minimum Gasteiger partial charge on any atom is -0.352 e. The molecule has 0 saturated carbocycles. The van der Waals surface area contributed by atoms with Gasteiger partial charge in [-0.15, -0.1) is 0 Å². The van der Waals surface area contributed by atoms with Crippen molar-refractivity contribution in [2.75, 3.05) is 36.0 Å². The second-order valence-corrected chi connectivity index (χ2v) is 8.07. The summed E-state index contributed by atoms with van der Waals surface area (Å²) in [4.78, 5) is 5.79. The zero-order chi connectivity index (χ0) is 15.5. The fourth-order valence-electron chi connectivity index (χ4n) is 2.25. The summed E-state index contributed by atoms with van der Waals surface area (Å²) in [6, 6.07) is 1.66. The van der Waals surface area contributed by atoms with Crippen LogP contribution in [0.25, 0.3) is 0 Å². The molecule has 0 spiro atoms. The Kier molecular flexibility index (Phi) is 5.16. The molecule has 1 aliphatic rings. The molecule has 0 aliphatic carbocycles. The van der Waals surface area contributed by atoms with Crippen LogP contribution in [0.15, 0.2) is 12.3 Å². The highest BCUT2D eigenvalue weighted by molar-refractivity contribution is 7.91. The van der Waals surface area contributed by atoms with Crippen molar-refractivity contribution < 1.29 is 12.8 Å². The molecule has 0 aromatic carbocycles. The molecule has 1 saturated heterocycles. The van der Waals surface area contributed by atoms with Crippen molar-refractivity contribution in [2.45, 2.75) is 20.4 Å². The Morgan fingerprint density at radius 2 is 2.05 bits per heavy atom. The Morgan fingerprint density at radius 3 is 2.67 bits per heavy atom. The number of sulfone groups is 1. The molecule has 1 aromatic heterocycles. The lowest BCUT2D eigenvalue weighted by atomic mass is 10.2. The van der Waals surface area contributed by atoms with Crippen LogP contribution < -0.4 is 10.2 Å². The second kappa shape index (κ2) is 6.70. The van der Waals surface area contributed by atoms with Crippen LogP contribution in [-0.2, 0) is 16.4 Å². The highest BCUT2D eigenvalue weighted by atomic mass is 32.2. The first kappa shape index (κ1) is 16.2. The van der Waals surface area contributed by atoms with Gasteiger partial charge >= 0.3 is 0 Å². The van der Waals surface area contributed by atoms with Gasteiger partial charge in [-0.05, 0) is 18.5 Å². The van der Waals surface area contributed by atoms with E-state index < -0.39 is 9.84 Å². The number of nitrogens with one attached hydrogen (secondary N) is 1. The summed E-state index contributed by atoms with van der Waals surface area (Å²) >= 11 is 0. The van der Waals surface area contributed by atoms with E-state index in [4.69, 9.17) is 0 Å². The zero-order valence-corrected chi connectivity index (χ0v) is 13.3. The number of rotatable bonds is 5. The molecule has 0 amide bonds. The topological polar surface area (TPSA) is 62.3 Å². The van der Waals surface area contributed by atoms with Crippen molar-refractivity contribution in [1.29, 1.82) is 0 Å². The van der Waals surface area contributed by atoms with E-state index in [0.717, 1.165) is 6.54 Å². The number of aromatic nitrogens is 1. The maximum absolute atomic E-state index is 14.5. The molecule has 1 fully saturated rings. The van der Waals surface area contributed by atoms with Crippen molar-refractivity contribution in [1.82, 2.24) is 10.3 Å². The van der Waals surface area contributed by atoms with Gasteiger partial charge in [0, 0.05) is 31.4 Å². The van der Waals surface area contributed by atoms with E-state index in [9.17, 15) is 12.8 Å². The molecule has 2 heterocycles. The van der Waals surface area contributed by atoms with Crippen molar-refractivity contribution in [3.63, 3.8) is 0 Å². The molecular weight excluding hydrogens is 293 g/mol. The molecule has 21 heavy (non-hydrogen) atoms. The lowest BCUT2D eigenvalue weighted by Gasteiger charge is -2.28. The standard InChI is InChI=1S/C14H22FN3O2S/c1-11(2)9-16-10-12-3-4-17-14(13(12)15)18-5-7-21(19,20)8-6-18/h3-4,11,16H,5-10H2,1-2H3. The molecule has 0 radical (unpaired) electrons. The van der Waals surface area contributed by atoms with Crippen molar-refractivity contribution in [3.05, 3.63) is 23.6 Å². The molecule has 0 unspecified atom stereocenters. The molecule has 7 heteroatoms. The summed E-state index contributed by atoms with van der Waals surface area (Å²) < 4.78 is 37.3. The monoisotopic (exact) mass is 315 g/mol. The Hall–Kier alpha value is -1.21. The summed E-state index contributed by atoms with van der Waals surface area (Å²) in [6.07, 6.45) is 1.58. The highest BCUT2D eigenvalue weighted by Gasteiger charge is 2.25. The molecule has 2 rings (SSSR count). The molecule has 1 aliphatic heterocycles. The number of hydrogen-bond acceptors (Lipinski definition) is 5. The van der Waals surface area contributed by atoms with Crippen LogP contribution in [-0.4, -0.2) is 44.5 Å². The van der Waals surface area contributed by atoms with Gasteiger partial charge in [0.15, 0.2) is 21.5 Å². The maximum atomic E-state index is 14.5. The summed E-state index contributed by atoms with van der Waals surface area (Å²) in [5.41, 5.74) is 0.564. The third-order valence-corrected chi connectivity index (χ3v) is 5.07. The van der Waals surface area contributed by atoms with E-state index in [2.05, 4.69) is 24.1 Å². The summed E-state index contributed by atoms with van der Waals surface area (Å²) in [5, 5.41) is 3.20. The first-order valence-corrected chi connectivity index (χ1v) is 9.00. The van der Waals surface area contributed by atoms with Gasteiger partial charge in [-0.3, -0.25) is 0 Å². The summed E-state index contributed by atoms with van der Waals surface area (Å²) in [5.74, 6) is 0.525. The Labute approximate surface area is 125 Å². The van der Waals surface area contributed by atoms with Crippen LogP contribution in [0.4, 0.5) is 10.2 Å². The number of halogens is 1. The van der Waals surface area contributed by atoms with E-state index in [1.54, 1.807) is 17.2 Å². The van der Waals surface area contributed by atoms with E-state index in [1.807, 2.05) is 0 Å². The van der Waals surface area contributed by atoms with Crippen molar-refractivity contribution in [3.8, 4) is 0 Å². The van der Waals surface area contributed by atoms with Gasteiger partial charge in [0.05, 0.1) is 11.5 Å². The van der Waals surface area contributed by atoms with Gasteiger partial charge < -0.3 is 10.2 Å². The first-order chi connectivity index (χ1) is 9.89. The molecule has 1 N–H and O–H groups in total. The maximum Gasteiger partial charge on any atom is 0.170 e.